The Bertz CT molecular complexity index is 115. The van der Waals surface area contributed by atoms with Gasteiger partial charge in [-0.2, -0.15) is 0 Å². The second-order valence-electron chi connectivity index (χ2n) is 4.06. The van der Waals surface area contributed by atoms with Crippen molar-refractivity contribution in [3.8, 4) is 0 Å². The first-order valence-electron chi connectivity index (χ1n) is 6.78. The van der Waals surface area contributed by atoms with E-state index in [9.17, 15) is 0 Å². The Morgan fingerprint density at radius 1 is 0.450 bits per heavy atom. The van der Waals surface area contributed by atoms with Crippen LogP contribution >= 0.6 is 0 Å². The normalized spacial score (nSPS) is 9.20. The Balaban J connectivity index is -0.0000000853. The van der Waals surface area contributed by atoms with Crippen LogP contribution in [-0.2, 0) is 82.8 Å². The van der Waals surface area contributed by atoms with Gasteiger partial charge in [0.1, 0.15) is 0 Å². The number of hydrogen-bond acceptors (Lipinski definition) is 4. The topological polar surface area (TPSA) is 13.0 Å². The SMILES string of the molecule is CC[N](C)[Ti].CC[N](C)[Ti].CC[N](C)[Ti].CC[N](C)[Ti]. The minimum absolute atomic E-state index is 1.14. The van der Waals surface area contributed by atoms with Gasteiger partial charge in [0.2, 0.25) is 0 Å². The zero-order chi connectivity index (χ0) is 17.1. The Labute approximate surface area is 176 Å². The zero-order valence-electron chi connectivity index (χ0n) is 14.6. The molecule has 8 heteroatoms. The third-order valence-electron chi connectivity index (χ3n) is 1.90. The summed E-state index contributed by atoms with van der Waals surface area (Å²) in [5.41, 5.74) is 0. The second-order valence-corrected chi connectivity index (χ2v) is 8.83. The molecule has 0 bridgehead atoms. The van der Waals surface area contributed by atoms with Crippen molar-refractivity contribution in [1.82, 2.24) is 13.5 Å². The average molecular weight is 424 g/mol. The van der Waals surface area contributed by atoms with E-state index in [1.807, 2.05) is 0 Å². The maximum atomic E-state index is 2.12. The van der Waals surface area contributed by atoms with E-state index in [-0.39, 0.29) is 0 Å². The van der Waals surface area contributed by atoms with Crippen LogP contribution in [0.4, 0.5) is 0 Å². The Hall–Kier alpha value is 2.70. The van der Waals surface area contributed by atoms with Gasteiger partial charge >= 0.3 is 178 Å². The molecule has 0 fully saturated rings. The summed E-state index contributed by atoms with van der Waals surface area (Å²) in [6.07, 6.45) is 0. The van der Waals surface area contributed by atoms with Crippen molar-refractivity contribution in [2.75, 3.05) is 54.4 Å². The fourth-order valence-electron chi connectivity index (χ4n) is 0. The van der Waals surface area contributed by atoms with Crippen LogP contribution in [0.2, 0.25) is 0 Å². The van der Waals surface area contributed by atoms with Crippen LogP contribution in [0.1, 0.15) is 27.7 Å². The summed E-state index contributed by atoms with van der Waals surface area (Å²) in [4.78, 5) is 0. The van der Waals surface area contributed by atoms with Gasteiger partial charge in [-0.05, 0) is 0 Å². The van der Waals surface area contributed by atoms with Gasteiger partial charge < -0.3 is 0 Å². The van der Waals surface area contributed by atoms with E-state index in [4.69, 9.17) is 0 Å². The summed E-state index contributed by atoms with van der Waals surface area (Å²) in [6.45, 7) is 13.1. The van der Waals surface area contributed by atoms with Gasteiger partial charge in [-0.15, -0.1) is 0 Å². The summed E-state index contributed by atoms with van der Waals surface area (Å²) >= 11 is 8.22. The van der Waals surface area contributed by atoms with E-state index < -0.39 is 0 Å². The van der Waals surface area contributed by atoms with Gasteiger partial charge in [0.15, 0.2) is 0 Å². The van der Waals surface area contributed by atoms with Crippen LogP contribution < -0.4 is 0 Å². The number of nitrogens with zero attached hydrogens (tertiary/aromatic N) is 4. The molecular formula is C12H32N4Ti4. The molecule has 0 atom stereocenters. The van der Waals surface area contributed by atoms with E-state index in [0.29, 0.717) is 0 Å². The minimum atomic E-state index is 1.14. The van der Waals surface area contributed by atoms with Crippen LogP contribution in [0.3, 0.4) is 0 Å². The van der Waals surface area contributed by atoms with E-state index in [2.05, 4.69) is 152 Å². The molecule has 0 amide bonds. The fourth-order valence-corrected chi connectivity index (χ4v) is 0. The van der Waals surface area contributed by atoms with Crippen molar-refractivity contribution in [1.29, 1.82) is 0 Å². The summed E-state index contributed by atoms with van der Waals surface area (Å²) in [6, 6.07) is 0. The molecule has 20 heavy (non-hydrogen) atoms. The first-order chi connectivity index (χ1) is 9.08. The quantitative estimate of drug-likeness (QED) is 0.637. The predicted octanol–water partition coefficient (Wildman–Crippen LogP) is 1.60. The molecule has 0 N–H and O–H groups in total. The zero-order valence-corrected chi connectivity index (χ0v) is 20.9. The third-order valence-corrected chi connectivity index (χ3v) is 3.87. The maximum absolute atomic E-state index is 2.12. The molecule has 0 aromatic heterocycles. The van der Waals surface area contributed by atoms with E-state index in [0.717, 1.165) is 26.2 Å². The first kappa shape index (κ1) is 30.6. The molecular weight excluding hydrogens is 392 g/mol. The molecule has 4 nitrogen and oxygen atoms in total. The Morgan fingerprint density at radius 3 is 0.500 bits per heavy atom. The Morgan fingerprint density at radius 2 is 0.500 bits per heavy atom. The third kappa shape index (κ3) is 70.2. The van der Waals surface area contributed by atoms with Gasteiger partial charge in [-0.3, -0.25) is 0 Å². The van der Waals surface area contributed by atoms with Crippen LogP contribution in [0.25, 0.3) is 0 Å². The van der Waals surface area contributed by atoms with Crippen molar-refractivity contribution in [3.05, 3.63) is 0 Å². The van der Waals surface area contributed by atoms with Crippen molar-refractivity contribution < 1.29 is 82.8 Å². The molecule has 0 saturated carbocycles. The van der Waals surface area contributed by atoms with E-state index in [1.54, 1.807) is 0 Å². The average Bonchev–Trinajstić information content (AvgIpc) is 2.40. The van der Waals surface area contributed by atoms with Gasteiger partial charge in [-0.1, -0.05) is 0 Å². The molecule has 0 aliphatic carbocycles. The summed E-state index contributed by atoms with van der Waals surface area (Å²) < 4.78 is 8.50. The molecule has 0 heterocycles. The van der Waals surface area contributed by atoms with Gasteiger partial charge in [0.25, 0.3) is 0 Å². The molecule has 0 saturated heterocycles. The Kier molecular flexibility index (Phi) is 40.6. The molecule has 0 rings (SSSR count). The van der Waals surface area contributed by atoms with Crippen LogP contribution in [-0.4, -0.2) is 67.9 Å². The number of rotatable bonds is 4. The summed E-state index contributed by atoms with van der Waals surface area (Å²) in [5, 5.41) is 0. The molecule has 0 aromatic carbocycles. The van der Waals surface area contributed by atoms with Gasteiger partial charge in [0, 0.05) is 0 Å². The summed E-state index contributed by atoms with van der Waals surface area (Å²) in [7, 11) is 8.22. The second kappa shape index (κ2) is 26.6. The molecule has 0 unspecified atom stereocenters. The van der Waals surface area contributed by atoms with Gasteiger partial charge in [-0.25, -0.2) is 0 Å². The van der Waals surface area contributed by atoms with Crippen molar-refractivity contribution in [2.45, 2.75) is 27.7 Å². The predicted molar refractivity (Wildman–Crippen MR) is 73.2 cm³/mol. The fraction of sp³-hybridized carbons (Fsp3) is 1.00. The number of hydrogen-bond donors (Lipinski definition) is 0. The molecule has 0 aliphatic heterocycles. The van der Waals surface area contributed by atoms with E-state index >= 15 is 0 Å². The van der Waals surface area contributed by atoms with Crippen molar-refractivity contribution >= 4 is 0 Å². The molecule has 0 aromatic rings. The standard InChI is InChI=1S/4C3H8N.4Ti/c4*1-3-4-2;;;;/h4*3H2,1-2H3;;;;/q4*-1;4*+1. The molecule has 0 aliphatic rings. The molecule has 0 spiro atoms. The first-order valence-corrected chi connectivity index (χ1v) is 9.57. The molecule has 116 valence electrons. The van der Waals surface area contributed by atoms with Crippen molar-refractivity contribution in [2.24, 2.45) is 0 Å². The van der Waals surface area contributed by atoms with Crippen LogP contribution in [0.15, 0.2) is 0 Å². The van der Waals surface area contributed by atoms with Crippen LogP contribution in [0, 0.1) is 0 Å². The van der Waals surface area contributed by atoms with Crippen LogP contribution in [0.5, 0.6) is 0 Å². The van der Waals surface area contributed by atoms with Crippen molar-refractivity contribution in [3.63, 3.8) is 0 Å². The molecule has 0 radical (unpaired) electrons. The monoisotopic (exact) mass is 424 g/mol. The van der Waals surface area contributed by atoms with E-state index in [1.165, 1.54) is 0 Å². The summed E-state index contributed by atoms with van der Waals surface area (Å²) in [5.74, 6) is 0. The van der Waals surface area contributed by atoms with Gasteiger partial charge in [0.05, 0.1) is 0 Å².